The lowest BCUT2D eigenvalue weighted by atomic mass is 10.0. The second-order valence-corrected chi connectivity index (χ2v) is 7.89. The molecule has 3 aromatic heterocycles. The summed E-state index contributed by atoms with van der Waals surface area (Å²) in [4.78, 5) is 21.7. The molecular formula is C24H24N6O2. The van der Waals surface area contributed by atoms with E-state index >= 15 is 0 Å². The Morgan fingerprint density at radius 1 is 1.06 bits per heavy atom. The molecule has 1 aliphatic rings. The Kier molecular flexibility index (Phi) is 5.51. The van der Waals surface area contributed by atoms with Crippen LogP contribution in [-0.4, -0.2) is 44.9 Å². The first-order valence-corrected chi connectivity index (χ1v) is 10.7. The third-order valence-electron chi connectivity index (χ3n) is 5.52. The third kappa shape index (κ3) is 4.17. The maximum absolute atomic E-state index is 12.5. The molecule has 8 heteroatoms. The fraction of sp³-hybridized carbons (Fsp3) is 0.250. The zero-order valence-electron chi connectivity index (χ0n) is 17.8. The van der Waals surface area contributed by atoms with Gasteiger partial charge in [0.1, 0.15) is 11.5 Å². The second-order valence-electron chi connectivity index (χ2n) is 7.89. The molecule has 0 bridgehead atoms. The highest BCUT2D eigenvalue weighted by Gasteiger charge is 2.19. The van der Waals surface area contributed by atoms with Gasteiger partial charge in [-0.1, -0.05) is 23.8 Å². The Bertz CT molecular complexity index is 1260. The van der Waals surface area contributed by atoms with E-state index in [9.17, 15) is 4.79 Å². The monoisotopic (exact) mass is 428 g/mol. The van der Waals surface area contributed by atoms with Crippen LogP contribution in [0.5, 0.6) is 0 Å². The van der Waals surface area contributed by atoms with Gasteiger partial charge in [0.05, 0.1) is 5.69 Å². The van der Waals surface area contributed by atoms with Crippen LogP contribution < -0.4 is 10.6 Å². The van der Waals surface area contributed by atoms with Gasteiger partial charge in [0.2, 0.25) is 0 Å². The van der Waals surface area contributed by atoms with Gasteiger partial charge in [-0.2, -0.15) is 5.10 Å². The minimum atomic E-state index is -0.267. The van der Waals surface area contributed by atoms with Gasteiger partial charge in [0.15, 0.2) is 5.65 Å². The van der Waals surface area contributed by atoms with Crippen molar-refractivity contribution in [3.63, 3.8) is 0 Å². The number of amides is 2. The van der Waals surface area contributed by atoms with Crippen LogP contribution in [0.25, 0.3) is 28.2 Å². The predicted molar refractivity (Wildman–Crippen MR) is 122 cm³/mol. The number of aryl methyl sites for hydroxylation is 1. The number of nitrogens with zero attached hydrogens (tertiary/aromatic N) is 4. The van der Waals surface area contributed by atoms with Crippen LogP contribution in [0.2, 0.25) is 0 Å². The lowest BCUT2D eigenvalue weighted by Gasteiger charge is -2.23. The van der Waals surface area contributed by atoms with E-state index in [1.807, 2.05) is 40.9 Å². The predicted octanol–water partition coefficient (Wildman–Crippen LogP) is 4.07. The number of nitrogens with one attached hydrogen (secondary N) is 2. The Labute approximate surface area is 185 Å². The van der Waals surface area contributed by atoms with Crippen LogP contribution in [0.4, 0.5) is 10.6 Å². The lowest BCUT2D eigenvalue weighted by molar-refractivity contribution is 0.0806. The minimum absolute atomic E-state index is 0.114. The summed E-state index contributed by atoms with van der Waals surface area (Å²) in [6, 6.07) is 15.6. The van der Waals surface area contributed by atoms with Gasteiger partial charge in [-0.25, -0.2) is 19.3 Å². The Morgan fingerprint density at radius 2 is 1.94 bits per heavy atom. The zero-order valence-corrected chi connectivity index (χ0v) is 17.8. The quantitative estimate of drug-likeness (QED) is 0.511. The summed E-state index contributed by atoms with van der Waals surface area (Å²) in [5.74, 6) is 0.466. The van der Waals surface area contributed by atoms with Crippen molar-refractivity contribution in [3.8, 4) is 22.5 Å². The number of rotatable bonds is 4. The number of carbonyl (C=O) groups is 1. The molecule has 4 heterocycles. The van der Waals surface area contributed by atoms with Gasteiger partial charge in [0.25, 0.3) is 0 Å². The average Bonchev–Trinajstić information content (AvgIpc) is 3.19. The topological polar surface area (TPSA) is 93.4 Å². The SMILES string of the molecule is Cc1cccc(-c2nc3cccnn3c2-c2ccnc(NC(=O)NC3CCOCC3)c2)c1. The number of hydrogen-bond acceptors (Lipinski definition) is 5. The first-order chi connectivity index (χ1) is 15.7. The second kappa shape index (κ2) is 8.76. The molecule has 0 spiro atoms. The summed E-state index contributed by atoms with van der Waals surface area (Å²) >= 11 is 0. The lowest BCUT2D eigenvalue weighted by Crippen LogP contribution is -2.41. The number of urea groups is 1. The van der Waals surface area contributed by atoms with Crippen molar-refractivity contribution >= 4 is 17.5 Å². The van der Waals surface area contributed by atoms with E-state index in [0.717, 1.165) is 46.6 Å². The summed E-state index contributed by atoms with van der Waals surface area (Å²) in [5, 5.41) is 10.4. The van der Waals surface area contributed by atoms with E-state index < -0.39 is 0 Å². The average molecular weight is 428 g/mol. The molecule has 1 fully saturated rings. The molecule has 0 aliphatic carbocycles. The number of pyridine rings is 1. The molecule has 0 atom stereocenters. The van der Waals surface area contributed by atoms with E-state index in [0.29, 0.717) is 19.0 Å². The van der Waals surface area contributed by atoms with Gasteiger partial charge in [-0.15, -0.1) is 0 Å². The molecule has 4 aromatic rings. The molecule has 32 heavy (non-hydrogen) atoms. The van der Waals surface area contributed by atoms with Crippen LogP contribution in [0, 0.1) is 6.92 Å². The number of carbonyl (C=O) groups excluding carboxylic acids is 1. The molecule has 0 saturated carbocycles. The van der Waals surface area contributed by atoms with Crippen LogP contribution in [-0.2, 0) is 4.74 Å². The smallest absolute Gasteiger partial charge is 0.320 e. The maximum atomic E-state index is 12.5. The Morgan fingerprint density at radius 3 is 2.78 bits per heavy atom. The molecular weight excluding hydrogens is 404 g/mol. The molecule has 5 rings (SSSR count). The molecule has 1 aliphatic heterocycles. The maximum Gasteiger partial charge on any atom is 0.320 e. The number of fused-ring (bicyclic) bond motifs is 1. The van der Waals surface area contributed by atoms with Crippen LogP contribution >= 0.6 is 0 Å². The highest BCUT2D eigenvalue weighted by Crippen LogP contribution is 2.33. The van der Waals surface area contributed by atoms with Crippen molar-refractivity contribution in [2.45, 2.75) is 25.8 Å². The van der Waals surface area contributed by atoms with Crippen molar-refractivity contribution in [2.24, 2.45) is 0 Å². The summed E-state index contributed by atoms with van der Waals surface area (Å²) in [6.45, 7) is 3.39. The molecule has 2 amide bonds. The molecule has 1 saturated heterocycles. The van der Waals surface area contributed by atoms with Crippen molar-refractivity contribution in [2.75, 3.05) is 18.5 Å². The van der Waals surface area contributed by atoms with E-state index in [4.69, 9.17) is 9.72 Å². The van der Waals surface area contributed by atoms with E-state index in [-0.39, 0.29) is 12.1 Å². The largest absolute Gasteiger partial charge is 0.381 e. The van der Waals surface area contributed by atoms with Gasteiger partial charge in [-0.3, -0.25) is 5.32 Å². The Balaban J connectivity index is 1.49. The van der Waals surface area contributed by atoms with Crippen molar-refractivity contribution in [1.29, 1.82) is 0 Å². The van der Waals surface area contributed by atoms with Gasteiger partial charge in [-0.05, 0) is 50.1 Å². The molecule has 1 aromatic carbocycles. The van der Waals surface area contributed by atoms with Crippen molar-refractivity contribution in [1.82, 2.24) is 24.9 Å². The normalized spacial score (nSPS) is 14.4. The number of hydrogen-bond donors (Lipinski definition) is 2. The highest BCUT2D eigenvalue weighted by atomic mass is 16.5. The number of benzene rings is 1. The van der Waals surface area contributed by atoms with Crippen LogP contribution in [0.15, 0.2) is 60.9 Å². The third-order valence-corrected chi connectivity index (χ3v) is 5.52. The van der Waals surface area contributed by atoms with Crippen molar-refractivity contribution < 1.29 is 9.53 Å². The van der Waals surface area contributed by atoms with E-state index in [1.165, 1.54) is 0 Å². The van der Waals surface area contributed by atoms with Gasteiger partial charge in [0, 0.05) is 42.8 Å². The van der Waals surface area contributed by atoms with E-state index in [2.05, 4.69) is 39.8 Å². The van der Waals surface area contributed by atoms with E-state index in [1.54, 1.807) is 12.4 Å². The van der Waals surface area contributed by atoms with Gasteiger partial charge < -0.3 is 10.1 Å². The summed E-state index contributed by atoms with van der Waals surface area (Å²) in [6.07, 6.45) is 5.05. The first-order valence-electron chi connectivity index (χ1n) is 10.7. The number of ether oxygens (including phenoxy) is 1. The molecule has 8 nitrogen and oxygen atoms in total. The molecule has 162 valence electrons. The minimum Gasteiger partial charge on any atom is -0.381 e. The first kappa shape index (κ1) is 20.1. The summed E-state index contributed by atoms with van der Waals surface area (Å²) in [5.41, 5.74) is 5.46. The molecule has 0 unspecified atom stereocenters. The highest BCUT2D eigenvalue weighted by molar-refractivity contribution is 5.90. The Hall–Kier alpha value is -3.78. The number of anilines is 1. The van der Waals surface area contributed by atoms with Crippen molar-refractivity contribution in [3.05, 3.63) is 66.5 Å². The van der Waals surface area contributed by atoms with Crippen LogP contribution in [0.1, 0.15) is 18.4 Å². The number of aromatic nitrogens is 4. The molecule has 2 N–H and O–H groups in total. The summed E-state index contributed by atoms with van der Waals surface area (Å²) in [7, 11) is 0. The van der Waals surface area contributed by atoms with Crippen LogP contribution in [0.3, 0.4) is 0 Å². The molecule has 0 radical (unpaired) electrons. The summed E-state index contributed by atoms with van der Waals surface area (Å²) < 4.78 is 7.17. The fourth-order valence-corrected chi connectivity index (χ4v) is 3.97. The fourth-order valence-electron chi connectivity index (χ4n) is 3.97. The standard InChI is InChI=1S/C24H24N6O2/c1-16-4-2-5-17(14-16)22-23(30-21(29-22)6-3-10-26-30)18-7-11-25-20(15-18)28-24(31)27-19-8-12-32-13-9-19/h2-7,10-11,14-15,19H,8-9,12-13H2,1H3,(H2,25,27,28,31). The zero-order chi connectivity index (χ0) is 21.9. The number of imidazole rings is 1. The van der Waals surface area contributed by atoms with Gasteiger partial charge >= 0.3 is 6.03 Å².